The number of hydrogen-bond acceptors (Lipinski definition) is 2. The van der Waals surface area contributed by atoms with E-state index in [1.807, 2.05) is 16.8 Å². The Hall–Kier alpha value is -0.840. The van der Waals surface area contributed by atoms with Gasteiger partial charge in [-0.2, -0.15) is 11.3 Å². The molecule has 2 nitrogen and oxygen atoms in total. The Kier molecular flexibility index (Phi) is 4.20. The van der Waals surface area contributed by atoms with Crippen LogP contribution in [0.5, 0.6) is 0 Å². The molecule has 1 N–H and O–H groups in total. The van der Waals surface area contributed by atoms with E-state index in [1.165, 1.54) is 0 Å². The van der Waals surface area contributed by atoms with Gasteiger partial charge in [-0.15, -0.1) is 0 Å². The molecule has 5 heteroatoms. The summed E-state index contributed by atoms with van der Waals surface area (Å²) in [6.07, 6.45) is 0.393. The molecular weight excluding hydrogens is 322 g/mol. The summed E-state index contributed by atoms with van der Waals surface area (Å²) in [6, 6.07) is 7.25. The Balaban J connectivity index is 2.00. The highest BCUT2D eigenvalue weighted by atomic mass is 79.9. The fraction of sp³-hybridized carbons (Fsp3) is 0.0833. The lowest BCUT2D eigenvalue weighted by molar-refractivity contribution is -0.115. The first kappa shape index (κ1) is 12.6. The molecule has 17 heavy (non-hydrogen) atoms. The van der Waals surface area contributed by atoms with E-state index < -0.39 is 0 Å². The van der Waals surface area contributed by atoms with Crippen LogP contribution in [-0.4, -0.2) is 5.91 Å². The van der Waals surface area contributed by atoms with E-state index in [0.29, 0.717) is 11.4 Å². The largest absolute Gasteiger partial charge is 0.326 e. The molecule has 1 aromatic carbocycles. The second-order valence-electron chi connectivity index (χ2n) is 3.49. The number of halogens is 2. The molecule has 0 aliphatic heterocycles. The van der Waals surface area contributed by atoms with E-state index in [2.05, 4.69) is 21.2 Å². The molecule has 0 saturated heterocycles. The molecule has 1 heterocycles. The standard InChI is InChI=1S/C12H9BrClNOS/c13-10-6-9(1-2-11(10)14)15-12(16)5-8-3-4-17-7-8/h1-4,6-7H,5H2,(H,15,16). The second kappa shape index (κ2) is 5.67. The molecule has 0 saturated carbocycles. The Morgan fingerprint density at radius 3 is 2.88 bits per heavy atom. The molecule has 0 atom stereocenters. The zero-order valence-electron chi connectivity index (χ0n) is 8.74. The van der Waals surface area contributed by atoms with Crippen molar-refractivity contribution in [3.8, 4) is 0 Å². The van der Waals surface area contributed by atoms with Gasteiger partial charge >= 0.3 is 0 Å². The molecule has 1 aromatic heterocycles. The number of amides is 1. The summed E-state index contributed by atoms with van der Waals surface area (Å²) in [5, 5.41) is 7.38. The van der Waals surface area contributed by atoms with E-state index in [1.54, 1.807) is 29.5 Å². The summed E-state index contributed by atoms with van der Waals surface area (Å²) < 4.78 is 0.771. The molecule has 0 aliphatic carbocycles. The Bertz CT molecular complexity index is 527. The summed E-state index contributed by atoms with van der Waals surface area (Å²) in [4.78, 5) is 11.7. The van der Waals surface area contributed by atoms with Crippen molar-refractivity contribution in [1.82, 2.24) is 0 Å². The third-order valence-corrected chi connectivity index (χ3v) is 4.09. The van der Waals surface area contributed by atoms with Gasteiger partial charge in [-0.05, 0) is 56.5 Å². The zero-order chi connectivity index (χ0) is 12.3. The fourth-order valence-electron chi connectivity index (χ4n) is 1.36. The van der Waals surface area contributed by atoms with Crippen LogP contribution in [0.3, 0.4) is 0 Å². The van der Waals surface area contributed by atoms with E-state index >= 15 is 0 Å². The normalized spacial score (nSPS) is 10.2. The average Bonchev–Trinajstić information content (AvgIpc) is 2.76. The number of carbonyl (C=O) groups is 1. The number of thiophene rings is 1. The van der Waals surface area contributed by atoms with E-state index in [-0.39, 0.29) is 5.91 Å². The summed E-state index contributed by atoms with van der Waals surface area (Å²) in [6.45, 7) is 0. The van der Waals surface area contributed by atoms with Crippen molar-refractivity contribution >= 4 is 50.5 Å². The van der Waals surface area contributed by atoms with Crippen molar-refractivity contribution in [2.75, 3.05) is 5.32 Å². The monoisotopic (exact) mass is 329 g/mol. The van der Waals surface area contributed by atoms with E-state index in [0.717, 1.165) is 15.7 Å². The maximum absolute atomic E-state index is 11.7. The van der Waals surface area contributed by atoms with Gasteiger partial charge in [0.15, 0.2) is 0 Å². The van der Waals surface area contributed by atoms with Crippen LogP contribution in [0.15, 0.2) is 39.5 Å². The Morgan fingerprint density at radius 2 is 2.24 bits per heavy atom. The van der Waals surface area contributed by atoms with Gasteiger partial charge in [-0.25, -0.2) is 0 Å². The van der Waals surface area contributed by atoms with Crippen molar-refractivity contribution in [2.45, 2.75) is 6.42 Å². The Morgan fingerprint density at radius 1 is 1.41 bits per heavy atom. The van der Waals surface area contributed by atoms with Crippen molar-refractivity contribution in [1.29, 1.82) is 0 Å². The number of nitrogens with one attached hydrogen (secondary N) is 1. The number of anilines is 1. The van der Waals surface area contributed by atoms with Gasteiger partial charge in [-0.1, -0.05) is 11.6 Å². The highest BCUT2D eigenvalue weighted by Gasteiger charge is 2.05. The molecule has 0 bridgehead atoms. The summed E-state index contributed by atoms with van der Waals surface area (Å²) >= 11 is 10.8. The lowest BCUT2D eigenvalue weighted by Crippen LogP contribution is -2.13. The van der Waals surface area contributed by atoms with E-state index in [4.69, 9.17) is 11.6 Å². The van der Waals surface area contributed by atoms with Crippen LogP contribution in [0.1, 0.15) is 5.56 Å². The maximum Gasteiger partial charge on any atom is 0.228 e. The van der Waals surface area contributed by atoms with Crippen molar-refractivity contribution in [2.24, 2.45) is 0 Å². The van der Waals surface area contributed by atoms with Gasteiger partial charge in [0, 0.05) is 10.2 Å². The fourth-order valence-corrected chi connectivity index (χ4v) is 2.52. The molecule has 2 aromatic rings. The van der Waals surface area contributed by atoms with Crippen LogP contribution in [0.4, 0.5) is 5.69 Å². The molecular formula is C12H9BrClNOS. The average molecular weight is 331 g/mol. The molecule has 88 valence electrons. The van der Waals surface area contributed by atoms with Gasteiger partial charge in [0.25, 0.3) is 0 Å². The van der Waals surface area contributed by atoms with Gasteiger partial charge in [0.05, 0.1) is 11.4 Å². The van der Waals surface area contributed by atoms with Crippen molar-refractivity contribution in [3.05, 3.63) is 50.1 Å². The van der Waals surface area contributed by atoms with Crippen LogP contribution in [0.25, 0.3) is 0 Å². The smallest absolute Gasteiger partial charge is 0.228 e. The molecule has 0 aliphatic rings. The third kappa shape index (κ3) is 3.56. The highest BCUT2D eigenvalue weighted by Crippen LogP contribution is 2.25. The van der Waals surface area contributed by atoms with E-state index in [9.17, 15) is 4.79 Å². The van der Waals surface area contributed by atoms with Crippen molar-refractivity contribution < 1.29 is 4.79 Å². The quantitative estimate of drug-likeness (QED) is 0.891. The lowest BCUT2D eigenvalue weighted by Gasteiger charge is -2.05. The zero-order valence-corrected chi connectivity index (χ0v) is 11.9. The SMILES string of the molecule is O=C(Cc1ccsc1)Nc1ccc(Cl)c(Br)c1. The molecule has 0 radical (unpaired) electrons. The number of benzene rings is 1. The van der Waals surface area contributed by atoms with Crippen LogP contribution in [-0.2, 0) is 11.2 Å². The van der Waals surface area contributed by atoms with Crippen LogP contribution in [0, 0.1) is 0 Å². The predicted octanol–water partition coefficient (Wildman–Crippen LogP) is 4.35. The summed E-state index contributed by atoms with van der Waals surface area (Å²) in [5.41, 5.74) is 1.77. The number of rotatable bonds is 3. The van der Waals surface area contributed by atoms with Crippen LogP contribution < -0.4 is 5.32 Å². The second-order valence-corrected chi connectivity index (χ2v) is 5.53. The first-order valence-electron chi connectivity index (χ1n) is 4.91. The number of carbonyl (C=O) groups excluding carboxylic acids is 1. The lowest BCUT2D eigenvalue weighted by atomic mass is 10.2. The van der Waals surface area contributed by atoms with Gasteiger partial charge < -0.3 is 5.32 Å². The molecule has 0 unspecified atom stereocenters. The molecule has 0 spiro atoms. The first-order chi connectivity index (χ1) is 8.15. The minimum Gasteiger partial charge on any atom is -0.326 e. The third-order valence-electron chi connectivity index (χ3n) is 2.15. The highest BCUT2D eigenvalue weighted by molar-refractivity contribution is 9.10. The summed E-state index contributed by atoms with van der Waals surface area (Å²) in [5.74, 6) is -0.0300. The summed E-state index contributed by atoms with van der Waals surface area (Å²) in [7, 11) is 0. The first-order valence-corrected chi connectivity index (χ1v) is 7.02. The van der Waals surface area contributed by atoms with Gasteiger partial charge in [0.1, 0.15) is 0 Å². The van der Waals surface area contributed by atoms with Crippen LogP contribution in [0.2, 0.25) is 5.02 Å². The van der Waals surface area contributed by atoms with Gasteiger partial charge in [0.2, 0.25) is 5.91 Å². The number of hydrogen-bond donors (Lipinski definition) is 1. The molecule has 1 amide bonds. The predicted molar refractivity (Wildman–Crippen MR) is 75.8 cm³/mol. The molecule has 2 rings (SSSR count). The van der Waals surface area contributed by atoms with Gasteiger partial charge in [-0.3, -0.25) is 4.79 Å². The Labute approximate surface area is 117 Å². The minimum absolute atomic E-state index is 0.0300. The topological polar surface area (TPSA) is 29.1 Å². The minimum atomic E-state index is -0.0300. The van der Waals surface area contributed by atoms with Crippen molar-refractivity contribution in [3.63, 3.8) is 0 Å². The molecule has 0 fully saturated rings. The van der Waals surface area contributed by atoms with Crippen LogP contribution >= 0.6 is 38.9 Å². The maximum atomic E-state index is 11.7.